The molecular weight excluding hydrogens is 222 g/mol. The van der Waals surface area contributed by atoms with E-state index in [1.54, 1.807) is 6.08 Å². The first-order valence-corrected chi connectivity index (χ1v) is 5.34. The van der Waals surface area contributed by atoms with Crippen molar-refractivity contribution in [3.63, 3.8) is 0 Å². The number of rotatable bonds is 3. The number of amides is 2. The smallest absolute Gasteiger partial charge is 0.258 e. The molecule has 0 aromatic heterocycles. The van der Waals surface area contributed by atoms with E-state index in [0.29, 0.717) is 5.57 Å². The lowest BCUT2D eigenvalue weighted by molar-refractivity contribution is -0.123. The zero-order valence-corrected chi connectivity index (χ0v) is 10.5. The molecule has 0 spiro atoms. The molecule has 0 aliphatic carbocycles. The maximum atomic E-state index is 11.3. The van der Waals surface area contributed by atoms with Gasteiger partial charge in [-0.2, -0.15) is 12.6 Å². The number of carbonyl (C=O) groups is 2. The summed E-state index contributed by atoms with van der Waals surface area (Å²) in [5.74, 6) is -0.740. The molecular formula is C12H15NO2S. The van der Waals surface area contributed by atoms with Gasteiger partial charge in [-0.1, -0.05) is 17.7 Å². The van der Waals surface area contributed by atoms with E-state index in [-0.39, 0.29) is 11.8 Å². The van der Waals surface area contributed by atoms with Crippen LogP contribution in [0.25, 0.3) is 0 Å². The molecule has 1 aliphatic heterocycles. The van der Waals surface area contributed by atoms with Gasteiger partial charge in [0.1, 0.15) is 0 Å². The molecule has 0 fully saturated rings. The monoisotopic (exact) mass is 237 g/mol. The second-order valence-electron chi connectivity index (χ2n) is 4.10. The van der Waals surface area contributed by atoms with Crippen LogP contribution in [0.5, 0.6) is 0 Å². The van der Waals surface area contributed by atoms with Gasteiger partial charge in [-0.25, -0.2) is 0 Å². The maximum absolute atomic E-state index is 11.3. The summed E-state index contributed by atoms with van der Waals surface area (Å²) in [6.45, 7) is 9.49. The average molecular weight is 237 g/mol. The Hall–Kier alpha value is -1.29. The number of hydrogen-bond donors (Lipinski definition) is 2. The van der Waals surface area contributed by atoms with Crippen molar-refractivity contribution >= 4 is 24.4 Å². The SMILES string of the molecule is C=C(C)C(C)(S)/C(C)=C/C1=CC(=O)NC1=O. The van der Waals surface area contributed by atoms with Crippen LogP contribution >= 0.6 is 12.6 Å². The first-order chi connectivity index (χ1) is 7.25. The van der Waals surface area contributed by atoms with Crippen molar-refractivity contribution in [2.75, 3.05) is 0 Å². The zero-order valence-electron chi connectivity index (χ0n) is 9.63. The fraction of sp³-hybridized carbons (Fsp3) is 0.333. The van der Waals surface area contributed by atoms with E-state index in [0.717, 1.165) is 11.1 Å². The van der Waals surface area contributed by atoms with E-state index < -0.39 is 4.75 Å². The lowest BCUT2D eigenvalue weighted by Crippen LogP contribution is -2.23. The molecule has 3 nitrogen and oxygen atoms in total. The van der Waals surface area contributed by atoms with Crippen LogP contribution in [-0.2, 0) is 9.59 Å². The van der Waals surface area contributed by atoms with Crippen LogP contribution in [0.15, 0.2) is 35.5 Å². The van der Waals surface area contributed by atoms with Gasteiger partial charge in [0.25, 0.3) is 11.8 Å². The summed E-state index contributed by atoms with van der Waals surface area (Å²) in [5, 5.41) is 2.19. The molecule has 0 radical (unpaired) electrons. The van der Waals surface area contributed by atoms with E-state index in [1.165, 1.54) is 6.08 Å². The van der Waals surface area contributed by atoms with E-state index in [2.05, 4.69) is 24.5 Å². The largest absolute Gasteiger partial charge is 0.289 e. The zero-order chi connectivity index (χ0) is 12.5. The Morgan fingerprint density at radius 1 is 1.50 bits per heavy atom. The Morgan fingerprint density at radius 2 is 2.06 bits per heavy atom. The molecule has 1 heterocycles. The van der Waals surface area contributed by atoms with E-state index in [1.807, 2.05) is 20.8 Å². The van der Waals surface area contributed by atoms with Gasteiger partial charge in [-0.05, 0) is 26.8 Å². The quantitative estimate of drug-likeness (QED) is 0.446. The highest BCUT2D eigenvalue weighted by Crippen LogP contribution is 2.31. The highest BCUT2D eigenvalue weighted by molar-refractivity contribution is 7.82. The van der Waals surface area contributed by atoms with Crippen LogP contribution in [0.2, 0.25) is 0 Å². The van der Waals surface area contributed by atoms with Gasteiger partial charge in [0.15, 0.2) is 0 Å². The molecule has 0 aromatic rings. The highest BCUT2D eigenvalue weighted by atomic mass is 32.1. The Bertz CT molecular complexity index is 430. The molecule has 1 N–H and O–H groups in total. The van der Waals surface area contributed by atoms with Crippen molar-refractivity contribution in [2.45, 2.75) is 25.5 Å². The van der Waals surface area contributed by atoms with Crippen LogP contribution in [0.3, 0.4) is 0 Å². The van der Waals surface area contributed by atoms with Crippen molar-refractivity contribution in [3.05, 3.63) is 35.5 Å². The van der Waals surface area contributed by atoms with Crippen LogP contribution < -0.4 is 5.32 Å². The third-order valence-electron chi connectivity index (χ3n) is 2.76. The lowest BCUT2D eigenvalue weighted by atomic mass is 9.93. The molecule has 0 saturated carbocycles. The number of nitrogens with one attached hydrogen (secondary N) is 1. The number of thiol groups is 1. The second-order valence-corrected chi connectivity index (χ2v) is 4.99. The first kappa shape index (κ1) is 12.8. The Kier molecular flexibility index (Phi) is 3.43. The molecule has 0 saturated heterocycles. The minimum absolute atomic E-state index is 0.365. The fourth-order valence-electron chi connectivity index (χ4n) is 1.24. The molecule has 1 aliphatic rings. The topological polar surface area (TPSA) is 46.2 Å². The molecule has 1 atom stereocenters. The predicted octanol–water partition coefficient (Wildman–Crippen LogP) is 1.78. The van der Waals surface area contributed by atoms with Crippen LogP contribution in [0.4, 0.5) is 0 Å². The van der Waals surface area contributed by atoms with Crippen molar-refractivity contribution in [2.24, 2.45) is 0 Å². The van der Waals surface area contributed by atoms with Crippen LogP contribution in [0.1, 0.15) is 20.8 Å². The molecule has 4 heteroatoms. The van der Waals surface area contributed by atoms with E-state index in [9.17, 15) is 9.59 Å². The second kappa shape index (κ2) is 4.29. The Balaban J connectivity index is 3.03. The van der Waals surface area contributed by atoms with Crippen molar-refractivity contribution in [1.29, 1.82) is 0 Å². The van der Waals surface area contributed by atoms with Gasteiger partial charge in [0, 0.05) is 11.6 Å². The van der Waals surface area contributed by atoms with Crippen molar-refractivity contribution < 1.29 is 9.59 Å². The van der Waals surface area contributed by atoms with Crippen LogP contribution in [-0.4, -0.2) is 16.6 Å². The third kappa shape index (κ3) is 2.44. The molecule has 1 rings (SSSR count). The minimum Gasteiger partial charge on any atom is -0.289 e. The first-order valence-electron chi connectivity index (χ1n) is 4.89. The highest BCUT2D eigenvalue weighted by Gasteiger charge is 2.25. The third-order valence-corrected chi connectivity index (χ3v) is 3.49. The predicted molar refractivity (Wildman–Crippen MR) is 67.2 cm³/mol. The van der Waals surface area contributed by atoms with Crippen LogP contribution in [0, 0.1) is 0 Å². The van der Waals surface area contributed by atoms with Crippen molar-refractivity contribution in [1.82, 2.24) is 5.32 Å². The molecule has 2 amide bonds. The molecule has 0 bridgehead atoms. The summed E-state index contributed by atoms with van der Waals surface area (Å²) < 4.78 is -0.479. The lowest BCUT2D eigenvalue weighted by Gasteiger charge is -2.25. The molecule has 86 valence electrons. The number of imide groups is 1. The number of carbonyl (C=O) groups excluding carboxylic acids is 2. The van der Waals surface area contributed by atoms with Gasteiger partial charge in [0.2, 0.25) is 0 Å². The molecule has 0 aromatic carbocycles. The summed E-state index contributed by atoms with van der Waals surface area (Å²) in [6.07, 6.45) is 2.95. The molecule has 16 heavy (non-hydrogen) atoms. The van der Waals surface area contributed by atoms with Gasteiger partial charge in [-0.15, -0.1) is 0 Å². The maximum Gasteiger partial charge on any atom is 0.258 e. The van der Waals surface area contributed by atoms with Gasteiger partial charge in [-0.3, -0.25) is 14.9 Å². The van der Waals surface area contributed by atoms with Gasteiger partial charge >= 0.3 is 0 Å². The average Bonchev–Trinajstić information content (AvgIpc) is 2.44. The Morgan fingerprint density at radius 3 is 2.44 bits per heavy atom. The summed E-state index contributed by atoms with van der Waals surface area (Å²) >= 11 is 4.49. The normalized spacial score (nSPS) is 20.2. The molecule has 1 unspecified atom stereocenters. The summed E-state index contributed by atoms with van der Waals surface area (Å²) in [4.78, 5) is 22.3. The summed E-state index contributed by atoms with van der Waals surface area (Å²) in [6, 6.07) is 0. The van der Waals surface area contributed by atoms with Gasteiger partial charge in [0.05, 0.1) is 4.75 Å². The standard InChI is InChI=1S/C12H15NO2S/c1-7(2)12(4,16)8(3)5-9-6-10(14)13-11(9)15/h5-6,16H,1H2,2-4H3,(H,13,14,15)/b8-5+. The van der Waals surface area contributed by atoms with Crippen molar-refractivity contribution in [3.8, 4) is 0 Å². The Labute approximate surface area is 101 Å². The van der Waals surface area contributed by atoms with E-state index >= 15 is 0 Å². The summed E-state index contributed by atoms with van der Waals surface area (Å²) in [7, 11) is 0. The fourth-order valence-corrected chi connectivity index (χ4v) is 1.31. The minimum atomic E-state index is -0.479. The van der Waals surface area contributed by atoms with E-state index in [4.69, 9.17) is 0 Å². The summed E-state index contributed by atoms with van der Waals surface area (Å²) in [5.41, 5.74) is 2.12. The van der Waals surface area contributed by atoms with Gasteiger partial charge < -0.3 is 0 Å². The number of hydrogen-bond acceptors (Lipinski definition) is 3.